The summed E-state index contributed by atoms with van der Waals surface area (Å²) in [7, 11) is -3.34. The van der Waals surface area contributed by atoms with E-state index >= 15 is 0 Å². The summed E-state index contributed by atoms with van der Waals surface area (Å²) in [6.45, 7) is 7.02. The van der Waals surface area contributed by atoms with Gasteiger partial charge in [-0.25, -0.2) is 8.42 Å². The van der Waals surface area contributed by atoms with Crippen LogP contribution in [0.25, 0.3) is 0 Å². The minimum absolute atomic E-state index is 0.0234. The molecule has 0 amide bonds. The molecule has 0 aliphatic rings. The fraction of sp³-hybridized carbons (Fsp3) is 0.500. The molecule has 0 bridgehead atoms. The summed E-state index contributed by atoms with van der Waals surface area (Å²) < 4.78 is 24.2. The highest BCUT2D eigenvalue weighted by Crippen LogP contribution is 2.33. The molecule has 0 atom stereocenters. The van der Waals surface area contributed by atoms with Crippen molar-refractivity contribution in [2.45, 2.75) is 43.8 Å². The predicted molar refractivity (Wildman–Crippen MR) is 64.5 cm³/mol. The number of sulfone groups is 1. The quantitative estimate of drug-likeness (QED) is 0.886. The van der Waals surface area contributed by atoms with Gasteiger partial charge < -0.3 is 5.11 Å². The molecule has 90 valence electrons. The lowest BCUT2D eigenvalue weighted by Gasteiger charge is -2.16. The first kappa shape index (κ1) is 13.0. The Bertz CT molecular complexity index is 473. The average molecular weight is 242 g/mol. The number of phenols is 1. The highest BCUT2D eigenvalue weighted by atomic mass is 32.2. The molecule has 0 unspecified atom stereocenters. The van der Waals surface area contributed by atoms with Gasteiger partial charge in [0.25, 0.3) is 0 Å². The molecule has 1 aromatic carbocycles. The maximum absolute atomic E-state index is 12.1. The molecule has 16 heavy (non-hydrogen) atoms. The van der Waals surface area contributed by atoms with E-state index in [1.54, 1.807) is 26.0 Å². The van der Waals surface area contributed by atoms with Crippen molar-refractivity contribution in [3.8, 4) is 5.75 Å². The number of aromatic hydroxyl groups is 1. The Hall–Kier alpha value is -1.03. The van der Waals surface area contributed by atoms with Gasteiger partial charge in [0.05, 0.1) is 10.1 Å². The van der Waals surface area contributed by atoms with E-state index in [0.29, 0.717) is 5.56 Å². The fourth-order valence-electron chi connectivity index (χ4n) is 1.61. The van der Waals surface area contributed by atoms with Crippen molar-refractivity contribution >= 4 is 9.84 Å². The van der Waals surface area contributed by atoms with Gasteiger partial charge in [-0.05, 0) is 31.9 Å². The van der Waals surface area contributed by atoms with Gasteiger partial charge in [-0.1, -0.05) is 19.9 Å². The van der Waals surface area contributed by atoms with E-state index in [9.17, 15) is 13.5 Å². The number of hydrogen-bond acceptors (Lipinski definition) is 3. The summed E-state index contributed by atoms with van der Waals surface area (Å²) in [6, 6.07) is 4.65. The molecule has 0 spiro atoms. The molecule has 0 aliphatic heterocycles. The SMILES string of the molecule is CC(C)c1c(O)cccc1S(=O)(=O)C(C)C. The normalized spacial score (nSPS) is 12.4. The molecule has 1 aromatic rings. The summed E-state index contributed by atoms with van der Waals surface area (Å²) in [5.41, 5.74) is 0.510. The van der Waals surface area contributed by atoms with Gasteiger partial charge in [0.1, 0.15) is 5.75 Å². The number of hydrogen-bond donors (Lipinski definition) is 1. The Labute approximate surface area is 97.0 Å². The maximum atomic E-state index is 12.1. The zero-order valence-electron chi connectivity index (χ0n) is 10.1. The third kappa shape index (κ3) is 2.21. The lowest BCUT2D eigenvalue weighted by molar-refractivity contribution is 0.461. The Kier molecular flexibility index (Phi) is 3.63. The lowest BCUT2D eigenvalue weighted by atomic mass is 10.0. The van der Waals surface area contributed by atoms with Gasteiger partial charge in [-0.15, -0.1) is 0 Å². The van der Waals surface area contributed by atoms with Crippen molar-refractivity contribution in [3.63, 3.8) is 0 Å². The number of rotatable bonds is 3. The summed E-state index contributed by atoms with van der Waals surface area (Å²) in [5, 5.41) is 9.26. The molecule has 4 heteroatoms. The Morgan fingerprint density at radius 1 is 1.12 bits per heavy atom. The van der Waals surface area contributed by atoms with Crippen LogP contribution in [-0.2, 0) is 9.84 Å². The zero-order chi connectivity index (χ0) is 12.5. The van der Waals surface area contributed by atoms with E-state index in [1.807, 2.05) is 13.8 Å². The Balaban J connectivity index is 3.52. The van der Waals surface area contributed by atoms with Gasteiger partial charge in [0.15, 0.2) is 9.84 Å². The van der Waals surface area contributed by atoms with Crippen molar-refractivity contribution < 1.29 is 13.5 Å². The second kappa shape index (κ2) is 4.45. The summed E-state index contributed by atoms with van der Waals surface area (Å²) in [5.74, 6) is 0.0291. The van der Waals surface area contributed by atoms with E-state index < -0.39 is 15.1 Å². The van der Waals surface area contributed by atoms with Gasteiger partial charge in [-0.3, -0.25) is 0 Å². The first-order valence-electron chi connectivity index (χ1n) is 5.34. The third-order valence-electron chi connectivity index (χ3n) is 2.55. The highest BCUT2D eigenvalue weighted by molar-refractivity contribution is 7.92. The molecule has 0 aromatic heterocycles. The smallest absolute Gasteiger partial charge is 0.181 e. The molecule has 3 nitrogen and oxygen atoms in total. The molecule has 1 N–H and O–H groups in total. The zero-order valence-corrected chi connectivity index (χ0v) is 10.9. The van der Waals surface area contributed by atoms with Crippen molar-refractivity contribution in [1.82, 2.24) is 0 Å². The average Bonchev–Trinajstić information content (AvgIpc) is 2.16. The van der Waals surface area contributed by atoms with Crippen molar-refractivity contribution in [3.05, 3.63) is 23.8 Å². The lowest BCUT2D eigenvalue weighted by Crippen LogP contribution is -2.16. The predicted octanol–water partition coefficient (Wildman–Crippen LogP) is 2.70. The van der Waals surface area contributed by atoms with E-state index in [4.69, 9.17) is 0 Å². The van der Waals surface area contributed by atoms with Crippen LogP contribution in [0.3, 0.4) is 0 Å². The van der Waals surface area contributed by atoms with Crippen LogP contribution >= 0.6 is 0 Å². The Morgan fingerprint density at radius 2 is 1.69 bits per heavy atom. The first-order valence-corrected chi connectivity index (χ1v) is 6.89. The van der Waals surface area contributed by atoms with Crippen molar-refractivity contribution in [1.29, 1.82) is 0 Å². The van der Waals surface area contributed by atoms with Crippen LogP contribution in [0.2, 0.25) is 0 Å². The van der Waals surface area contributed by atoms with Crippen molar-refractivity contribution in [2.75, 3.05) is 0 Å². The first-order chi connectivity index (χ1) is 7.28. The number of benzene rings is 1. The molecular weight excluding hydrogens is 224 g/mol. The van der Waals surface area contributed by atoms with Gasteiger partial charge in [0, 0.05) is 5.56 Å². The molecule has 0 fully saturated rings. The third-order valence-corrected chi connectivity index (χ3v) is 4.76. The molecular formula is C12H18O3S. The van der Waals surface area contributed by atoms with E-state index in [2.05, 4.69) is 0 Å². The molecule has 0 heterocycles. The molecule has 0 aliphatic carbocycles. The van der Waals surface area contributed by atoms with Crippen LogP contribution in [0.15, 0.2) is 23.1 Å². The van der Waals surface area contributed by atoms with Crippen LogP contribution < -0.4 is 0 Å². The summed E-state index contributed by atoms with van der Waals surface area (Å²) in [4.78, 5) is 0.248. The summed E-state index contributed by atoms with van der Waals surface area (Å²) >= 11 is 0. The molecule has 1 rings (SSSR count). The van der Waals surface area contributed by atoms with Crippen LogP contribution in [-0.4, -0.2) is 18.8 Å². The van der Waals surface area contributed by atoms with E-state index in [-0.39, 0.29) is 16.6 Å². The van der Waals surface area contributed by atoms with Crippen LogP contribution in [0.1, 0.15) is 39.2 Å². The second-order valence-electron chi connectivity index (χ2n) is 4.44. The fourth-order valence-corrected chi connectivity index (χ4v) is 3.04. The molecule has 0 saturated carbocycles. The van der Waals surface area contributed by atoms with Crippen molar-refractivity contribution in [2.24, 2.45) is 0 Å². The van der Waals surface area contributed by atoms with E-state index in [0.717, 1.165) is 0 Å². The monoisotopic (exact) mass is 242 g/mol. The largest absolute Gasteiger partial charge is 0.508 e. The van der Waals surface area contributed by atoms with Crippen LogP contribution in [0.5, 0.6) is 5.75 Å². The maximum Gasteiger partial charge on any atom is 0.181 e. The minimum atomic E-state index is -3.34. The Morgan fingerprint density at radius 3 is 2.12 bits per heavy atom. The van der Waals surface area contributed by atoms with Crippen LogP contribution in [0, 0.1) is 0 Å². The summed E-state index contributed by atoms with van der Waals surface area (Å²) in [6.07, 6.45) is 0. The van der Waals surface area contributed by atoms with Gasteiger partial charge in [-0.2, -0.15) is 0 Å². The molecule has 0 saturated heterocycles. The highest BCUT2D eigenvalue weighted by Gasteiger charge is 2.25. The standard InChI is InChI=1S/C12H18O3S/c1-8(2)12-10(13)6-5-7-11(12)16(14,15)9(3)4/h5-9,13H,1-4H3. The van der Waals surface area contributed by atoms with Gasteiger partial charge >= 0.3 is 0 Å². The van der Waals surface area contributed by atoms with Gasteiger partial charge in [0.2, 0.25) is 0 Å². The number of phenolic OH excluding ortho intramolecular Hbond substituents is 1. The minimum Gasteiger partial charge on any atom is -0.508 e. The second-order valence-corrected chi connectivity index (χ2v) is 6.91. The molecule has 0 radical (unpaired) electrons. The van der Waals surface area contributed by atoms with Crippen LogP contribution in [0.4, 0.5) is 0 Å². The van der Waals surface area contributed by atoms with E-state index in [1.165, 1.54) is 6.07 Å². The topological polar surface area (TPSA) is 54.4 Å².